The molecule has 1 rings (SSSR count). The van der Waals surface area contributed by atoms with Gasteiger partial charge in [-0.05, 0) is 32.4 Å². The third-order valence-corrected chi connectivity index (χ3v) is 2.97. The van der Waals surface area contributed by atoms with Crippen LogP contribution in [-0.4, -0.2) is 39.6 Å². The van der Waals surface area contributed by atoms with Crippen molar-refractivity contribution in [1.29, 1.82) is 0 Å². The number of aryl methyl sites for hydroxylation is 1. The molecule has 0 fully saturated rings. The summed E-state index contributed by atoms with van der Waals surface area (Å²) >= 11 is 0. The fourth-order valence-electron chi connectivity index (χ4n) is 1.79. The van der Waals surface area contributed by atoms with Crippen LogP contribution in [0.25, 0.3) is 0 Å². The average molecular weight is 279 g/mol. The molecule has 1 atom stereocenters. The van der Waals surface area contributed by atoms with Crippen LogP contribution in [0.1, 0.15) is 31.7 Å². The first-order valence-electron chi connectivity index (χ1n) is 6.68. The van der Waals surface area contributed by atoms with Crippen LogP contribution in [0.3, 0.4) is 0 Å². The van der Waals surface area contributed by atoms with Crippen molar-refractivity contribution >= 4 is 12.0 Å². The highest BCUT2D eigenvalue weighted by atomic mass is 16.4. The molecule has 0 spiro atoms. The van der Waals surface area contributed by atoms with Crippen LogP contribution in [0.5, 0.6) is 0 Å². The molecule has 0 radical (unpaired) electrons. The molecule has 6 nitrogen and oxygen atoms in total. The molecule has 1 heterocycles. The van der Waals surface area contributed by atoms with Gasteiger partial charge in [0, 0.05) is 12.2 Å². The summed E-state index contributed by atoms with van der Waals surface area (Å²) in [7, 11) is 0. The Morgan fingerprint density at radius 3 is 2.60 bits per heavy atom. The second-order valence-electron chi connectivity index (χ2n) is 4.53. The van der Waals surface area contributed by atoms with Crippen LogP contribution in [0.15, 0.2) is 18.2 Å². The zero-order valence-corrected chi connectivity index (χ0v) is 12.1. The third kappa shape index (κ3) is 4.53. The Morgan fingerprint density at radius 2 is 2.10 bits per heavy atom. The molecule has 2 amide bonds. The van der Waals surface area contributed by atoms with Crippen molar-refractivity contribution in [3.63, 3.8) is 0 Å². The molecule has 0 bridgehead atoms. The van der Waals surface area contributed by atoms with Gasteiger partial charge in [-0.1, -0.05) is 13.0 Å². The summed E-state index contributed by atoms with van der Waals surface area (Å²) in [5.74, 6) is -1.02. The van der Waals surface area contributed by atoms with Gasteiger partial charge in [-0.25, -0.2) is 9.59 Å². The number of carboxylic acid groups (broad SMARTS) is 1. The zero-order valence-electron chi connectivity index (χ0n) is 12.1. The van der Waals surface area contributed by atoms with Gasteiger partial charge in [-0.15, -0.1) is 0 Å². The Hall–Kier alpha value is -2.11. The fourth-order valence-corrected chi connectivity index (χ4v) is 1.79. The molecule has 0 saturated carbocycles. The normalized spacial score (nSPS) is 11.8. The molecule has 1 unspecified atom stereocenters. The first-order chi connectivity index (χ1) is 9.47. The first kappa shape index (κ1) is 15.9. The quantitative estimate of drug-likeness (QED) is 0.831. The molecule has 110 valence electrons. The Labute approximate surface area is 118 Å². The number of nitrogens with zero attached hydrogens (tertiary/aromatic N) is 2. The summed E-state index contributed by atoms with van der Waals surface area (Å²) in [5, 5.41) is 11.5. The van der Waals surface area contributed by atoms with Gasteiger partial charge in [-0.3, -0.25) is 4.98 Å². The second-order valence-corrected chi connectivity index (χ2v) is 4.53. The first-order valence-corrected chi connectivity index (χ1v) is 6.68. The number of urea groups is 1. The van der Waals surface area contributed by atoms with Gasteiger partial charge in [0.1, 0.15) is 6.04 Å². The standard InChI is InChI=1S/C14H21N3O3/c1-4-12(13(18)19)16-14(20)17(5-2)9-11-8-6-7-10(3)15-11/h6-8,12H,4-5,9H2,1-3H3,(H,16,20)(H,18,19). The largest absolute Gasteiger partial charge is 0.480 e. The van der Waals surface area contributed by atoms with E-state index >= 15 is 0 Å². The molecular formula is C14H21N3O3. The van der Waals surface area contributed by atoms with E-state index in [1.165, 1.54) is 4.90 Å². The highest BCUT2D eigenvalue weighted by Crippen LogP contribution is 2.04. The Bertz CT molecular complexity index is 476. The number of hydrogen-bond acceptors (Lipinski definition) is 3. The summed E-state index contributed by atoms with van der Waals surface area (Å²) in [6.07, 6.45) is 0.349. The van der Waals surface area contributed by atoms with E-state index in [-0.39, 0.29) is 6.03 Å². The van der Waals surface area contributed by atoms with Gasteiger partial charge in [0.05, 0.1) is 12.2 Å². The summed E-state index contributed by atoms with van der Waals surface area (Å²) < 4.78 is 0. The predicted molar refractivity (Wildman–Crippen MR) is 75.3 cm³/mol. The molecule has 0 saturated heterocycles. The topological polar surface area (TPSA) is 82.5 Å². The molecule has 20 heavy (non-hydrogen) atoms. The van der Waals surface area contributed by atoms with Crippen molar-refractivity contribution in [2.24, 2.45) is 0 Å². The fraction of sp³-hybridized carbons (Fsp3) is 0.500. The Morgan fingerprint density at radius 1 is 1.40 bits per heavy atom. The average Bonchev–Trinajstić information content (AvgIpc) is 2.41. The van der Waals surface area contributed by atoms with E-state index in [0.717, 1.165) is 11.4 Å². The molecule has 0 aliphatic carbocycles. The molecule has 0 aromatic carbocycles. The van der Waals surface area contributed by atoms with Gasteiger partial charge in [0.2, 0.25) is 0 Å². The lowest BCUT2D eigenvalue weighted by atomic mass is 10.2. The van der Waals surface area contributed by atoms with E-state index < -0.39 is 12.0 Å². The molecule has 0 aliphatic heterocycles. The van der Waals surface area contributed by atoms with E-state index in [1.54, 1.807) is 6.92 Å². The number of carboxylic acids is 1. The van der Waals surface area contributed by atoms with Crippen LogP contribution in [0.4, 0.5) is 4.79 Å². The predicted octanol–water partition coefficient (Wildman–Crippen LogP) is 1.78. The highest BCUT2D eigenvalue weighted by Gasteiger charge is 2.21. The van der Waals surface area contributed by atoms with Crippen molar-refractivity contribution in [3.05, 3.63) is 29.6 Å². The molecule has 2 N–H and O–H groups in total. The number of rotatable bonds is 6. The van der Waals surface area contributed by atoms with Gasteiger partial charge < -0.3 is 15.3 Å². The lowest BCUT2D eigenvalue weighted by Gasteiger charge is -2.23. The van der Waals surface area contributed by atoms with E-state index in [0.29, 0.717) is 19.5 Å². The van der Waals surface area contributed by atoms with Crippen molar-refractivity contribution in [3.8, 4) is 0 Å². The summed E-state index contributed by atoms with van der Waals surface area (Å²) in [5.41, 5.74) is 1.67. The maximum Gasteiger partial charge on any atom is 0.326 e. The number of nitrogens with one attached hydrogen (secondary N) is 1. The van der Waals surface area contributed by atoms with Crippen LogP contribution in [-0.2, 0) is 11.3 Å². The van der Waals surface area contributed by atoms with E-state index in [4.69, 9.17) is 5.11 Å². The van der Waals surface area contributed by atoms with Gasteiger partial charge >= 0.3 is 12.0 Å². The van der Waals surface area contributed by atoms with Crippen molar-refractivity contribution in [2.75, 3.05) is 6.54 Å². The van der Waals surface area contributed by atoms with E-state index in [2.05, 4.69) is 10.3 Å². The van der Waals surface area contributed by atoms with Gasteiger partial charge in [0.25, 0.3) is 0 Å². The lowest BCUT2D eigenvalue weighted by Crippen LogP contribution is -2.47. The van der Waals surface area contributed by atoms with Crippen LogP contribution >= 0.6 is 0 Å². The van der Waals surface area contributed by atoms with Crippen LogP contribution in [0, 0.1) is 6.92 Å². The smallest absolute Gasteiger partial charge is 0.326 e. The number of amides is 2. The minimum absolute atomic E-state index is 0.349. The number of pyridine rings is 1. The van der Waals surface area contributed by atoms with Gasteiger partial charge in [-0.2, -0.15) is 0 Å². The SMILES string of the molecule is CCC(NC(=O)N(CC)Cc1cccc(C)n1)C(=O)O. The van der Waals surface area contributed by atoms with Crippen LogP contribution < -0.4 is 5.32 Å². The summed E-state index contributed by atoms with van der Waals surface area (Å²) in [6.45, 7) is 6.30. The summed E-state index contributed by atoms with van der Waals surface area (Å²) in [6, 6.07) is 4.37. The monoisotopic (exact) mass is 279 g/mol. The molecule has 1 aromatic rings. The number of carbonyl (C=O) groups excluding carboxylic acids is 1. The Kier molecular flexibility index (Phi) is 5.96. The maximum absolute atomic E-state index is 12.1. The van der Waals surface area contributed by atoms with E-state index in [1.807, 2.05) is 32.0 Å². The Balaban J connectivity index is 2.70. The third-order valence-electron chi connectivity index (χ3n) is 2.97. The molecule has 0 aliphatic rings. The minimum atomic E-state index is -1.02. The molecule has 6 heteroatoms. The van der Waals surface area contributed by atoms with E-state index in [9.17, 15) is 9.59 Å². The number of aliphatic carboxylic acids is 1. The molecular weight excluding hydrogens is 258 g/mol. The second kappa shape index (κ2) is 7.47. The number of carbonyl (C=O) groups is 2. The van der Waals surface area contributed by atoms with Crippen molar-refractivity contribution in [1.82, 2.24) is 15.2 Å². The maximum atomic E-state index is 12.1. The van der Waals surface area contributed by atoms with Crippen molar-refractivity contribution < 1.29 is 14.7 Å². The molecule has 1 aromatic heterocycles. The highest BCUT2D eigenvalue weighted by molar-refractivity contribution is 5.82. The number of aromatic nitrogens is 1. The van der Waals surface area contributed by atoms with Crippen molar-refractivity contribution in [2.45, 2.75) is 39.8 Å². The minimum Gasteiger partial charge on any atom is -0.480 e. The summed E-state index contributed by atoms with van der Waals surface area (Å²) in [4.78, 5) is 28.9. The zero-order chi connectivity index (χ0) is 15.1. The van der Waals surface area contributed by atoms with Crippen LogP contribution in [0.2, 0.25) is 0 Å². The number of hydrogen-bond donors (Lipinski definition) is 2. The van der Waals surface area contributed by atoms with Gasteiger partial charge in [0.15, 0.2) is 0 Å². The lowest BCUT2D eigenvalue weighted by molar-refractivity contribution is -0.139.